The summed E-state index contributed by atoms with van der Waals surface area (Å²) < 4.78 is 5.94. The van der Waals surface area contributed by atoms with Gasteiger partial charge in [-0.15, -0.1) is 4.74 Å². The fourth-order valence-corrected chi connectivity index (χ4v) is 2.08. The summed E-state index contributed by atoms with van der Waals surface area (Å²) in [5, 5.41) is 0. The smallest absolute Gasteiger partial charge is 0.290 e. The van der Waals surface area contributed by atoms with Crippen molar-refractivity contribution >= 4 is 5.91 Å². The van der Waals surface area contributed by atoms with E-state index in [-0.39, 0.29) is 17.9 Å². The Kier molecular flexibility index (Phi) is 5.71. The number of carbonyl (C=O) groups excluding carboxylic acids is 1. The van der Waals surface area contributed by atoms with Gasteiger partial charge in [0.2, 0.25) is 0 Å². The third kappa shape index (κ3) is 4.61. The van der Waals surface area contributed by atoms with Crippen LogP contribution in [0.5, 0.6) is 0 Å². The molecule has 1 aromatic heterocycles. The first-order chi connectivity index (χ1) is 9.29. The molecule has 0 radical (unpaired) electrons. The van der Waals surface area contributed by atoms with Crippen molar-refractivity contribution in [1.29, 1.82) is 0 Å². The molecule has 0 aliphatic carbocycles. The minimum Gasteiger partial charge on any atom is -0.373 e. The Balaban J connectivity index is 2.77. The standard InChI is InChI=1S/C14H25N3O3/c1-5-6-16(10-14(3,4)9-15)8-13(19)17-12(18)7-11(2)20-17/h7H,5-6,8-10,15H2,1-4H3. The van der Waals surface area contributed by atoms with Crippen LogP contribution >= 0.6 is 0 Å². The van der Waals surface area contributed by atoms with Gasteiger partial charge >= 0.3 is 0 Å². The predicted octanol–water partition coefficient (Wildman–Crippen LogP) is 1.09. The summed E-state index contributed by atoms with van der Waals surface area (Å²) in [4.78, 5) is 25.7. The molecule has 0 saturated carbocycles. The Bertz CT molecular complexity index is 502. The van der Waals surface area contributed by atoms with Crippen LogP contribution in [0.4, 0.5) is 0 Å². The van der Waals surface area contributed by atoms with Crippen molar-refractivity contribution in [2.75, 3.05) is 26.2 Å². The summed E-state index contributed by atoms with van der Waals surface area (Å²) in [7, 11) is 0. The molecule has 1 rings (SSSR count). The zero-order valence-corrected chi connectivity index (χ0v) is 12.8. The van der Waals surface area contributed by atoms with E-state index in [4.69, 9.17) is 10.3 Å². The molecule has 114 valence electrons. The van der Waals surface area contributed by atoms with Gasteiger partial charge in [0.05, 0.1) is 6.54 Å². The van der Waals surface area contributed by atoms with Crippen LogP contribution < -0.4 is 11.3 Å². The van der Waals surface area contributed by atoms with Crippen LogP contribution in [0.3, 0.4) is 0 Å². The van der Waals surface area contributed by atoms with Crippen molar-refractivity contribution in [1.82, 2.24) is 9.64 Å². The maximum absolute atomic E-state index is 12.1. The Morgan fingerprint density at radius 1 is 1.50 bits per heavy atom. The lowest BCUT2D eigenvalue weighted by atomic mass is 9.93. The van der Waals surface area contributed by atoms with E-state index in [1.807, 2.05) is 4.90 Å². The number of hydrogen-bond acceptors (Lipinski definition) is 5. The van der Waals surface area contributed by atoms with Gasteiger partial charge in [-0.3, -0.25) is 14.5 Å². The molecule has 1 aromatic rings. The van der Waals surface area contributed by atoms with Crippen LogP contribution in [0.1, 0.15) is 37.7 Å². The zero-order chi connectivity index (χ0) is 15.3. The molecule has 0 spiro atoms. The molecular weight excluding hydrogens is 258 g/mol. The molecule has 20 heavy (non-hydrogen) atoms. The average Bonchev–Trinajstić information content (AvgIpc) is 2.68. The second-order valence-electron chi connectivity index (χ2n) is 5.95. The van der Waals surface area contributed by atoms with Gasteiger partial charge in [0.15, 0.2) is 0 Å². The van der Waals surface area contributed by atoms with Crippen LogP contribution in [0.25, 0.3) is 0 Å². The molecule has 0 amide bonds. The van der Waals surface area contributed by atoms with E-state index in [1.165, 1.54) is 6.07 Å². The fourth-order valence-electron chi connectivity index (χ4n) is 2.08. The highest BCUT2D eigenvalue weighted by atomic mass is 16.5. The lowest BCUT2D eigenvalue weighted by molar-refractivity contribution is 0.0684. The Labute approximate surface area is 119 Å². The summed E-state index contributed by atoms with van der Waals surface area (Å²) in [6, 6.07) is 1.31. The number of hydrogen-bond donors (Lipinski definition) is 1. The zero-order valence-electron chi connectivity index (χ0n) is 12.8. The molecule has 6 nitrogen and oxygen atoms in total. The molecule has 0 aliphatic heterocycles. The third-order valence-electron chi connectivity index (χ3n) is 3.09. The highest BCUT2D eigenvalue weighted by molar-refractivity contribution is 5.79. The number of aromatic nitrogens is 1. The van der Waals surface area contributed by atoms with Gasteiger partial charge in [-0.1, -0.05) is 20.8 Å². The molecule has 0 bridgehead atoms. The van der Waals surface area contributed by atoms with Gasteiger partial charge in [0, 0.05) is 12.6 Å². The van der Waals surface area contributed by atoms with Gasteiger partial charge in [-0.2, -0.15) is 0 Å². The fraction of sp³-hybridized carbons (Fsp3) is 0.714. The highest BCUT2D eigenvalue weighted by Gasteiger charge is 2.23. The maximum Gasteiger partial charge on any atom is 0.290 e. The molecule has 0 fully saturated rings. The Morgan fingerprint density at radius 2 is 2.15 bits per heavy atom. The third-order valence-corrected chi connectivity index (χ3v) is 3.09. The topological polar surface area (TPSA) is 81.5 Å². The summed E-state index contributed by atoms with van der Waals surface area (Å²) in [6.45, 7) is 10.0. The first kappa shape index (κ1) is 16.7. The van der Waals surface area contributed by atoms with Crippen molar-refractivity contribution in [3.8, 4) is 0 Å². The van der Waals surface area contributed by atoms with Gasteiger partial charge < -0.3 is 10.3 Å². The van der Waals surface area contributed by atoms with Gasteiger partial charge in [-0.05, 0) is 31.8 Å². The van der Waals surface area contributed by atoms with Gasteiger partial charge in [0.1, 0.15) is 5.76 Å². The number of carbonyl (C=O) groups is 1. The van der Waals surface area contributed by atoms with E-state index in [0.717, 1.165) is 17.7 Å². The summed E-state index contributed by atoms with van der Waals surface area (Å²) in [5.74, 6) is 0.0945. The van der Waals surface area contributed by atoms with E-state index < -0.39 is 5.56 Å². The van der Waals surface area contributed by atoms with Crippen LogP contribution in [-0.4, -0.2) is 41.7 Å². The minimum absolute atomic E-state index is 0.0699. The molecule has 0 aromatic carbocycles. The highest BCUT2D eigenvalue weighted by Crippen LogP contribution is 2.15. The van der Waals surface area contributed by atoms with Crippen molar-refractivity contribution < 1.29 is 9.32 Å². The van der Waals surface area contributed by atoms with Crippen molar-refractivity contribution in [2.24, 2.45) is 11.1 Å². The Morgan fingerprint density at radius 3 is 2.60 bits per heavy atom. The molecule has 0 aliphatic rings. The Hall–Kier alpha value is -1.40. The van der Waals surface area contributed by atoms with E-state index in [0.29, 0.717) is 18.8 Å². The van der Waals surface area contributed by atoms with Gasteiger partial charge in [-0.25, -0.2) is 0 Å². The SMILES string of the molecule is CCCN(CC(=O)n1oc(C)cc1=O)CC(C)(C)CN. The predicted molar refractivity (Wildman–Crippen MR) is 77.9 cm³/mol. The molecule has 0 unspecified atom stereocenters. The lowest BCUT2D eigenvalue weighted by Crippen LogP contribution is -2.43. The van der Waals surface area contributed by atoms with Crippen LogP contribution in [0.2, 0.25) is 0 Å². The summed E-state index contributed by atoms with van der Waals surface area (Å²) >= 11 is 0. The van der Waals surface area contributed by atoms with Crippen molar-refractivity contribution in [3.05, 3.63) is 22.2 Å². The number of nitrogens with two attached hydrogens (primary N) is 1. The molecule has 6 heteroatoms. The first-order valence-electron chi connectivity index (χ1n) is 6.94. The molecule has 0 atom stereocenters. The van der Waals surface area contributed by atoms with E-state index in [2.05, 4.69) is 20.8 Å². The molecule has 2 N–H and O–H groups in total. The second kappa shape index (κ2) is 6.85. The lowest BCUT2D eigenvalue weighted by Gasteiger charge is -2.30. The maximum atomic E-state index is 12.1. The molecular formula is C14H25N3O3. The number of nitrogens with zero attached hydrogens (tertiary/aromatic N) is 2. The van der Waals surface area contributed by atoms with Crippen molar-refractivity contribution in [3.63, 3.8) is 0 Å². The molecule has 1 heterocycles. The summed E-state index contributed by atoms with van der Waals surface area (Å²) in [5.41, 5.74) is 5.25. The number of rotatable bonds is 7. The summed E-state index contributed by atoms with van der Waals surface area (Å²) in [6.07, 6.45) is 0.931. The normalized spacial score (nSPS) is 12.1. The average molecular weight is 283 g/mol. The minimum atomic E-state index is -0.415. The van der Waals surface area contributed by atoms with Gasteiger partial charge in [0.25, 0.3) is 11.5 Å². The van der Waals surface area contributed by atoms with Crippen LogP contribution in [0, 0.1) is 12.3 Å². The van der Waals surface area contributed by atoms with E-state index in [9.17, 15) is 9.59 Å². The van der Waals surface area contributed by atoms with Crippen LogP contribution in [0.15, 0.2) is 15.4 Å². The van der Waals surface area contributed by atoms with Crippen molar-refractivity contribution in [2.45, 2.75) is 34.1 Å². The van der Waals surface area contributed by atoms with E-state index >= 15 is 0 Å². The van der Waals surface area contributed by atoms with Crippen LogP contribution in [-0.2, 0) is 0 Å². The molecule has 0 saturated heterocycles. The number of aryl methyl sites for hydroxylation is 1. The largest absolute Gasteiger partial charge is 0.373 e. The van der Waals surface area contributed by atoms with E-state index in [1.54, 1.807) is 6.92 Å². The first-order valence-corrected chi connectivity index (χ1v) is 6.94. The monoisotopic (exact) mass is 283 g/mol. The second-order valence-corrected chi connectivity index (χ2v) is 5.95. The quantitative estimate of drug-likeness (QED) is 0.810.